The normalized spacial score (nSPS) is 20.1. The Morgan fingerprint density at radius 2 is 2.17 bits per heavy atom. The van der Waals surface area contributed by atoms with Crippen LogP contribution in [0.2, 0.25) is 0 Å². The van der Waals surface area contributed by atoms with Gasteiger partial charge in [0, 0.05) is 39.2 Å². The number of rotatable bonds is 4. The fourth-order valence-electron chi connectivity index (χ4n) is 2.63. The van der Waals surface area contributed by atoms with Crippen LogP contribution in [0.1, 0.15) is 28.1 Å². The molecular weight excluding hydrogens is 338 g/mol. The second-order valence-corrected chi connectivity index (χ2v) is 6.42. The number of halogens is 1. The summed E-state index contributed by atoms with van der Waals surface area (Å²) in [4.78, 5) is 28.4. The van der Waals surface area contributed by atoms with Gasteiger partial charge < -0.3 is 10.6 Å². The van der Waals surface area contributed by atoms with Crippen molar-refractivity contribution in [1.82, 2.24) is 20.1 Å². The van der Waals surface area contributed by atoms with Crippen molar-refractivity contribution in [3.63, 3.8) is 0 Å². The van der Waals surface area contributed by atoms with Crippen molar-refractivity contribution < 1.29 is 9.59 Å². The van der Waals surface area contributed by atoms with E-state index in [0.29, 0.717) is 16.6 Å². The molecule has 0 radical (unpaired) electrons. The summed E-state index contributed by atoms with van der Waals surface area (Å²) < 4.78 is 1.74. The molecule has 7 nitrogen and oxygen atoms in total. The van der Waals surface area contributed by atoms with Crippen LogP contribution in [0.5, 0.6) is 0 Å². The fraction of sp³-hybridized carbons (Fsp3) is 0.429. The van der Waals surface area contributed by atoms with Crippen LogP contribution in [-0.4, -0.2) is 39.5 Å². The molecule has 2 aromatic heterocycles. The molecule has 0 saturated carbocycles. The highest BCUT2D eigenvalue weighted by Gasteiger charge is 2.35. The molecule has 2 aromatic rings. The highest BCUT2D eigenvalue weighted by molar-refractivity contribution is 7.17. The van der Waals surface area contributed by atoms with Crippen molar-refractivity contribution in [2.45, 2.75) is 12.8 Å². The van der Waals surface area contributed by atoms with E-state index < -0.39 is 0 Å². The Balaban J connectivity index is 0.00000192. The summed E-state index contributed by atoms with van der Waals surface area (Å²) in [7, 11) is 1.86. The standard InChI is InChI=1S/C14H17N5O2S.ClH/c1-8(20)12-6-16-14(22-12)18-13(21)11-5-15-4-10(11)9-3-17-19(2)7-9;/h3,6-7,10-11,15H,4-5H2,1-2H3,(H,16,18,21);1H/t10-,11+;/m1./s1. The lowest BCUT2D eigenvalue weighted by molar-refractivity contribution is -0.119. The van der Waals surface area contributed by atoms with Crippen molar-refractivity contribution in [3.8, 4) is 0 Å². The molecule has 23 heavy (non-hydrogen) atoms. The zero-order valence-corrected chi connectivity index (χ0v) is 14.4. The Labute approximate surface area is 143 Å². The first-order valence-electron chi connectivity index (χ1n) is 7.01. The van der Waals surface area contributed by atoms with Crippen LogP contribution in [0.4, 0.5) is 5.13 Å². The van der Waals surface area contributed by atoms with Crippen LogP contribution in [-0.2, 0) is 11.8 Å². The first-order valence-corrected chi connectivity index (χ1v) is 7.83. The van der Waals surface area contributed by atoms with Gasteiger partial charge in [0.2, 0.25) is 5.91 Å². The van der Waals surface area contributed by atoms with Crippen LogP contribution in [0.3, 0.4) is 0 Å². The minimum absolute atomic E-state index is 0. The van der Waals surface area contributed by atoms with Crippen LogP contribution in [0, 0.1) is 5.92 Å². The Hall–Kier alpha value is -1.77. The van der Waals surface area contributed by atoms with Gasteiger partial charge in [-0.3, -0.25) is 14.3 Å². The number of nitrogens with one attached hydrogen (secondary N) is 2. The average Bonchev–Trinajstić information content (AvgIpc) is 3.16. The number of carbonyl (C=O) groups is 2. The summed E-state index contributed by atoms with van der Waals surface area (Å²) in [5.74, 6) is -0.202. The SMILES string of the molecule is CC(=O)c1cnc(NC(=O)[C@H]2CNC[C@@H]2c2cnn(C)c2)s1.Cl. The molecule has 0 aromatic carbocycles. The quantitative estimate of drug-likeness (QED) is 0.810. The smallest absolute Gasteiger partial charge is 0.231 e. The number of nitrogens with zero attached hydrogens (tertiary/aromatic N) is 3. The van der Waals surface area contributed by atoms with Gasteiger partial charge in [-0.1, -0.05) is 11.3 Å². The van der Waals surface area contributed by atoms with Gasteiger partial charge in [0.15, 0.2) is 10.9 Å². The number of hydrogen-bond acceptors (Lipinski definition) is 6. The summed E-state index contributed by atoms with van der Waals surface area (Å²) in [6.45, 7) is 2.86. The van der Waals surface area contributed by atoms with Crippen LogP contribution in [0.25, 0.3) is 0 Å². The lowest BCUT2D eigenvalue weighted by Gasteiger charge is -2.15. The van der Waals surface area contributed by atoms with Gasteiger partial charge in [-0.15, -0.1) is 12.4 Å². The average molecular weight is 356 g/mol. The van der Waals surface area contributed by atoms with Gasteiger partial charge in [-0.05, 0) is 5.56 Å². The van der Waals surface area contributed by atoms with E-state index in [0.717, 1.165) is 12.1 Å². The third-order valence-corrected chi connectivity index (χ3v) is 4.80. The molecule has 0 bridgehead atoms. The molecule has 2 atom stereocenters. The van der Waals surface area contributed by atoms with Gasteiger partial charge in [0.25, 0.3) is 0 Å². The minimum Gasteiger partial charge on any atom is -0.315 e. The molecule has 1 aliphatic rings. The van der Waals surface area contributed by atoms with Crippen molar-refractivity contribution in [3.05, 3.63) is 29.0 Å². The van der Waals surface area contributed by atoms with Crippen LogP contribution in [0.15, 0.2) is 18.6 Å². The Kier molecular flexibility index (Phi) is 5.51. The number of hydrogen-bond donors (Lipinski definition) is 2. The largest absolute Gasteiger partial charge is 0.315 e. The van der Waals surface area contributed by atoms with Gasteiger partial charge in [-0.2, -0.15) is 5.10 Å². The second-order valence-electron chi connectivity index (χ2n) is 5.39. The zero-order chi connectivity index (χ0) is 15.7. The minimum atomic E-state index is -0.172. The van der Waals surface area contributed by atoms with E-state index in [2.05, 4.69) is 20.7 Å². The van der Waals surface area contributed by atoms with E-state index >= 15 is 0 Å². The van der Waals surface area contributed by atoms with Gasteiger partial charge in [0.1, 0.15) is 0 Å². The molecule has 1 amide bonds. The monoisotopic (exact) mass is 355 g/mol. The predicted octanol–water partition coefficient (Wildman–Crippen LogP) is 1.44. The van der Waals surface area contributed by atoms with E-state index in [-0.39, 0.29) is 35.9 Å². The number of Topliss-reactive ketones (excluding diaryl/α,β-unsaturated/α-hetero) is 1. The molecular formula is C14H18ClN5O2S. The number of ketones is 1. The van der Waals surface area contributed by atoms with Crippen LogP contribution < -0.4 is 10.6 Å². The highest BCUT2D eigenvalue weighted by Crippen LogP contribution is 2.29. The summed E-state index contributed by atoms with van der Waals surface area (Å²) >= 11 is 1.20. The molecule has 124 valence electrons. The molecule has 0 aliphatic carbocycles. The molecule has 1 fully saturated rings. The number of aromatic nitrogens is 3. The van der Waals surface area contributed by atoms with E-state index in [1.165, 1.54) is 24.5 Å². The highest BCUT2D eigenvalue weighted by atomic mass is 35.5. The van der Waals surface area contributed by atoms with Crippen LogP contribution >= 0.6 is 23.7 Å². The predicted molar refractivity (Wildman–Crippen MR) is 90.3 cm³/mol. The molecule has 3 rings (SSSR count). The topological polar surface area (TPSA) is 88.9 Å². The lowest BCUT2D eigenvalue weighted by Crippen LogP contribution is -2.27. The molecule has 2 N–H and O–H groups in total. The fourth-order valence-corrected chi connectivity index (χ4v) is 3.34. The maximum atomic E-state index is 12.5. The second kappa shape index (κ2) is 7.20. The molecule has 3 heterocycles. The number of carbonyl (C=O) groups excluding carboxylic acids is 2. The van der Waals surface area contributed by atoms with Crippen molar-refractivity contribution >= 4 is 40.6 Å². The van der Waals surface area contributed by atoms with Gasteiger partial charge in [0.05, 0.1) is 23.2 Å². The lowest BCUT2D eigenvalue weighted by atomic mass is 9.90. The van der Waals surface area contributed by atoms with Gasteiger partial charge >= 0.3 is 0 Å². The maximum absolute atomic E-state index is 12.5. The summed E-state index contributed by atoms with van der Waals surface area (Å²) in [5.41, 5.74) is 1.05. The van der Waals surface area contributed by atoms with E-state index in [1.807, 2.05) is 13.2 Å². The van der Waals surface area contributed by atoms with Crippen molar-refractivity contribution in [2.75, 3.05) is 18.4 Å². The number of aryl methyl sites for hydroxylation is 1. The number of anilines is 1. The molecule has 9 heteroatoms. The van der Waals surface area contributed by atoms with Crippen molar-refractivity contribution in [1.29, 1.82) is 0 Å². The molecule has 1 saturated heterocycles. The number of amides is 1. The first kappa shape index (κ1) is 17.6. The maximum Gasteiger partial charge on any atom is 0.231 e. The van der Waals surface area contributed by atoms with E-state index in [4.69, 9.17) is 0 Å². The Bertz CT molecular complexity index is 714. The van der Waals surface area contributed by atoms with Gasteiger partial charge in [-0.25, -0.2) is 4.98 Å². The number of thiazole rings is 1. The Morgan fingerprint density at radius 1 is 1.39 bits per heavy atom. The summed E-state index contributed by atoms with van der Waals surface area (Å²) in [5, 5.41) is 10.7. The van der Waals surface area contributed by atoms with E-state index in [1.54, 1.807) is 10.9 Å². The van der Waals surface area contributed by atoms with Crippen molar-refractivity contribution in [2.24, 2.45) is 13.0 Å². The summed E-state index contributed by atoms with van der Waals surface area (Å²) in [6.07, 6.45) is 5.23. The first-order chi connectivity index (χ1) is 10.5. The molecule has 1 aliphatic heterocycles. The Morgan fingerprint density at radius 3 is 2.78 bits per heavy atom. The van der Waals surface area contributed by atoms with E-state index in [9.17, 15) is 9.59 Å². The molecule has 0 spiro atoms. The third kappa shape index (κ3) is 3.77. The summed E-state index contributed by atoms with van der Waals surface area (Å²) in [6, 6.07) is 0. The molecule has 0 unspecified atom stereocenters. The zero-order valence-electron chi connectivity index (χ0n) is 12.8. The third-order valence-electron chi connectivity index (χ3n) is 3.79.